The van der Waals surface area contributed by atoms with Crippen LogP contribution in [0.25, 0.3) is 0 Å². The van der Waals surface area contributed by atoms with E-state index in [1.165, 1.54) is 18.9 Å². The number of methoxy groups -OCH3 is 2. The maximum absolute atomic E-state index is 13.5. The summed E-state index contributed by atoms with van der Waals surface area (Å²) in [5, 5.41) is 3.48. The molecule has 37 heavy (non-hydrogen) atoms. The molecule has 0 spiro atoms. The number of rotatable bonds is 11. The average Bonchev–Trinajstić information content (AvgIpc) is 2.88. The summed E-state index contributed by atoms with van der Waals surface area (Å²) < 4.78 is 10.7. The molecule has 9 heteroatoms. The standard InChI is InChI=1S/C28H34N4O4S/c1-7-24(27(34)31-23-13-12-22(35-5)15-25(23)36-6)32(16-21-10-8-18(2)9-11-21)26(33)17-37-28-29-19(3)14-20(4)30-28/h8-15,24H,7,16-17H2,1-6H3,(H,31,34). The Morgan fingerprint density at radius 1 is 0.973 bits per heavy atom. The van der Waals surface area contributed by atoms with Crippen molar-refractivity contribution in [2.45, 2.75) is 51.9 Å². The fraction of sp³-hybridized carbons (Fsp3) is 0.357. The molecule has 1 heterocycles. The van der Waals surface area contributed by atoms with Gasteiger partial charge >= 0.3 is 0 Å². The molecule has 0 saturated carbocycles. The average molecular weight is 523 g/mol. The van der Waals surface area contributed by atoms with E-state index in [0.29, 0.717) is 35.3 Å². The summed E-state index contributed by atoms with van der Waals surface area (Å²) in [6.45, 7) is 8.01. The second kappa shape index (κ2) is 13.1. The number of anilines is 1. The Morgan fingerprint density at radius 3 is 2.24 bits per heavy atom. The third kappa shape index (κ3) is 7.69. The van der Waals surface area contributed by atoms with Gasteiger partial charge in [-0.3, -0.25) is 9.59 Å². The zero-order valence-corrected chi connectivity index (χ0v) is 23.0. The van der Waals surface area contributed by atoms with Crippen molar-refractivity contribution in [1.29, 1.82) is 0 Å². The molecule has 2 amide bonds. The monoisotopic (exact) mass is 522 g/mol. The summed E-state index contributed by atoms with van der Waals surface area (Å²) in [5.41, 5.74) is 4.27. The summed E-state index contributed by atoms with van der Waals surface area (Å²) in [6.07, 6.45) is 0.437. The van der Waals surface area contributed by atoms with Crippen LogP contribution in [0.2, 0.25) is 0 Å². The first kappa shape index (κ1) is 28.0. The minimum Gasteiger partial charge on any atom is -0.497 e. The molecule has 0 fully saturated rings. The van der Waals surface area contributed by atoms with E-state index in [4.69, 9.17) is 9.47 Å². The van der Waals surface area contributed by atoms with Crippen molar-refractivity contribution in [3.8, 4) is 11.5 Å². The molecular weight excluding hydrogens is 488 g/mol. The van der Waals surface area contributed by atoms with Gasteiger partial charge in [0.2, 0.25) is 11.8 Å². The van der Waals surface area contributed by atoms with Crippen molar-refractivity contribution in [2.75, 3.05) is 25.3 Å². The van der Waals surface area contributed by atoms with E-state index in [9.17, 15) is 9.59 Å². The molecule has 196 valence electrons. The van der Waals surface area contributed by atoms with Crippen molar-refractivity contribution < 1.29 is 19.1 Å². The van der Waals surface area contributed by atoms with Gasteiger partial charge in [0.25, 0.3) is 0 Å². The van der Waals surface area contributed by atoms with Crippen molar-refractivity contribution in [3.63, 3.8) is 0 Å². The summed E-state index contributed by atoms with van der Waals surface area (Å²) in [7, 11) is 3.09. The van der Waals surface area contributed by atoms with Crippen LogP contribution in [0.1, 0.15) is 35.9 Å². The van der Waals surface area contributed by atoms with E-state index >= 15 is 0 Å². The van der Waals surface area contributed by atoms with E-state index < -0.39 is 6.04 Å². The fourth-order valence-electron chi connectivity index (χ4n) is 3.89. The number of aryl methyl sites for hydroxylation is 3. The van der Waals surface area contributed by atoms with Gasteiger partial charge in [-0.15, -0.1) is 0 Å². The van der Waals surface area contributed by atoms with Crippen LogP contribution in [0.5, 0.6) is 11.5 Å². The number of amides is 2. The zero-order chi connectivity index (χ0) is 26.9. The van der Waals surface area contributed by atoms with Crippen LogP contribution in [0, 0.1) is 20.8 Å². The molecule has 2 aromatic carbocycles. The predicted octanol–water partition coefficient (Wildman–Crippen LogP) is 4.96. The van der Waals surface area contributed by atoms with Crippen molar-refractivity contribution >= 4 is 29.3 Å². The van der Waals surface area contributed by atoms with E-state index in [2.05, 4.69) is 15.3 Å². The van der Waals surface area contributed by atoms with Gasteiger partial charge in [0.15, 0.2) is 5.16 Å². The van der Waals surface area contributed by atoms with Gasteiger partial charge in [0.05, 0.1) is 25.7 Å². The highest BCUT2D eigenvalue weighted by atomic mass is 32.2. The van der Waals surface area contributed by atoms with Gasteiger partial charge < -0.3 is 19.7 Å². The maximum atomic E-state index is 13.5. The largest absolute Gasteiger partial charge is 0.497 e. The molecule has 0 aliphatic heterocycles. The highest BCUT2D eigenvalue weighted by molar-refractivity contribution is 7.99. The molecule has 3 aromatic rings. The Bertz CT molecular complexity index is 1210. The number of nitrogens with one attached hydrogen (secondary N) is 1. The van der Waals surface area contributed by atoms with Crippen LogP contribution in [-0.4, -0.2) is 52.7 Å². The molecule has 0 aliphatic carbocycles. The Morgan fingerprint density at radius 2 is 1.65 bits per heavy atom. The number of thioether (sulfide) groups is 1. The van der Waals surface area contributed by atoms with Gasteiger partial charge in [-0.25, -0.2) is 9.97 Å². The van der Waals surface area contributed by atoms with E-state index in [-0.39, 0.29) is 17.6 Å². The lowest BCUT2D eigenvalue weighted by Gasteiger charge is -2.30. The topological polar surface area (TPSA) is 93.7 Å². The van der Waals surface area contributed by atoms with Gasteiger partial charge in [0.1, 0.15) is 17.5 Å². The van der Waals surface area contributed by atoms with Crippen LogP contribution < -0.4 is 14.8 Å². The van der Waals surface area contributed by atoms with Crippen molar-refractivity contribution in [2.24, 2.45) is 0 Å². The zero-order valence-electron chi connectivity index (χ0n) is 22.2. The van der Waals surface area contributed by atoms with Crippen LogP contribution >= 0.6 is 11.8 Å². The molecule has 0 bridgehead atoms. The minimum absolute atomic E-state index is 0.115. The SMILES string of the molecule is CCC(C(=O)Nc1ccc(OC)cc1OC)N(Cc1ccc(C)cc1)C(=O)CSc1nc(C)cc(C)n1. The first-order valence-corrected chi connectivity index (χ1v) is 13.1. The van der Waals surface area contributed by atoms with Crippen LogP contribution in [0.15, 0.2) is 53.7 Å². The normalized spacial score (nSPS) is 11.5. The third-order valence-corrected chi connectivity index (χ3v) is 6.64. The minimum atomic E-state index is -0.693. The molecule has 1 unspecified atom stereocenters. The van der Waals surface area contributed by atoms with Crippen LogP contribution in [0.4, 0.5) is 5.69 Å². The molecular formula is C28H34N4O4S. The Balaban J connectivity index is 1.85. The summed E-state index contributed by atoms with van der Waals surface area (Å²) in [6, 6.07) is 14.3. The second-order valence-corrected chi connectivity index (χ2v) is 9.65. The number of hydrogen-bond acceptors (Lipinski definition) is 7. The number of hydrogen-bond donors (Lipinski definition) is 1. The molecule has 0 saturated heterocycles. The molecule has 1 atom stereocenters. The van der Waals surface area contributed by atoms with Crippen molar-refractivity contribution in [1.82, 2.24) is 14.9 Å². The molecule has 3 rings (SSSR count). The van der Waals surface area contributed by atoms with Gasteiger partial charge in [-0.1, -0.05) is 48.5 Å². The quantitative estimate of drug-likeness (QED) is 0.281. The number of aromatic nitrogens is 2. The number of nitrogens with zero attached hydrogens (tertiary/aromatic N) is 3. The van der Waals surface area contributed by atoms with Gasteiger partial charge in [0, 0.05) is 24.0 Å². The first-order chi connectivity index (χ1) is 17.7. The van der Waals surface area contributed by atoms with Gasteiger partial charge in [-0.05, 0) is 51.0 Å². The van der Waals surface area contributed by atoms with E-state index in [1.54, 1.807) is 30.2 Å². The summed E-state index contributed by atoms with van der Waals surface area (Å²) >= 11 is 1.27. The molecule has 1 aromatic heterocycles. The first-order valence-electron chi connectivity index (χ1n) is 12.1. The van der Waals surface area contributed by atoms with Crippen LogP contribution in [-0.2, 0) is 16.1 Å². The summed E-state index contributed by atoms with van der Waals surface area (Å²) in [5.74, 6) is 0.742. The second-order valence-electron chi connectivity index (χ2n) is 8.71. The number of benzene rings is 2. The molecule has 0 radical (unpaired) electrons. The predicted molar refractivity (Wildman–Crippen MR) is 146 cm³/mol. The fourth-order valence-corrected chi connectivity index (χ4v) is 4.73. The summed E-state index contributed by atoms with van der Waals surface area (Å²) in [4.78, 5) is 37.5. The number of carbonyl (C=O) groups is 2. The van der Waals surface area contributed by atoms with E-state index in [0.717, 1.165) is 22.5 Å². The number of carbonyl (C=O) groups excluding carboxylic acids is 2. The van der Waals surface area contributed by atoms with E-state index in [1.807, 2.05) is 58.0 Å². The van der Waals surface area contributed by atoms with Crippen LogP contribution in [0.3, 0.4) is 0 Å². The highest BCUT2D eigenvalue weighted by Gasteiger charge is 2.29. The van der Waals surface area contributed by atoms with Gasteiger partial charge in [-0.2, -0.15) is 0 Å². The maximum Gasteiger partial charge on any atom is 0.247 e. The highest BCUT2D eigenvalue weighted by Crippen LogP contribution is 2.29. The lowest BCUT2D eigenvalue weighted by molar-refractivity contribution is -0.137. The Kier molecular flexibility index (Phi) is 9.91. The molecule has 0 aliphatic rings. The Hall–Kier alpha value is -3.59. The molecule has 8 nitrogen and oxygen atoms in total. The van der Waals surface area contributed by atoms with Crippen molar-refractivity contribution in [3.05, 3.63) is 71.0 Å². The smallest absolute Gasteiger partial charge is 0.247 e. The number of ether oxygens (including phenoxy) is 2. The lowest BCUT2D eigenvalue weighted by Crippen LogP contribution is -2.47. The Labute approximate surface area is 222 Å². The molecule has 1 N–H and O–H groups in total. The lowest BCUT2D eigenvalue weighted by atomic mass is 10.1. The third-order valence-electron chi connectivity index (χ3n) is 5.81.